The maximum atomic E-state index is 11.9. The second-order valence-electron chi connectivity index (χ2n) is 4.12. The fraction of sp³-hybridized carbons (Fsp3) is 0. The lowest BCUT2D eigenvalue weighted by Crippen LogP contribution is -2.17. The lowest BCUT2D eigenvalue weighted by Gasteiger charge is -2.06. The van der Waals surface area contributed by atoms with Crippen molar-refractivity contribution in [3.8, 4) is 5.75 Å². The zero-order valence-corrected chi connectivity index (χ0v) is 17.1. The Labute approximate surface area is 160 Å². The number of carbonyl (C=O) groups is 1. The third-order valence-electron chi connectivity index (χ3n) is 2.65. The molecule has 2 aromatic carbocycles. The van der Waals surface area contributed by atoms with Gasteiger partial charge in [0.1, 0.15) is 5.75 Å². The number of hydrogen-bond donors (Lipinski definition) is 2. The summed E-state index contributed by atoms with van der Waals surface area (Å²) in [7, 11) is 0. The Morgan fingerprint density at radius 1 is 1.09 bits per heavy atom. The summed E-state index contributed by atoms with van der Waals surface area (Å²) in [6.45, 7) is 0. The molecule has 0 saturated carbocycles. The highest BCUT2D eigenvalue weighted by atomic mass is 79.9. The molecular weight excluding hydrogens is 548 g/mol. The van der Waals surface area contributed by atoms with Crippen LogP contribution in [0.25, 0.3) is 0 Å². The van der Waals surface area contributed by atoms with E-state index in [2.05, 4.69) is 74.2 Å². The number of phenolic OH excluding ortho intramolecular Hbond substituents is 1. The van der Waals surface area contributed by atoms with Crippen LogP contribution in [0.15, 0.2) is 53.3 Å². The molecule has 2 aromatic rings. The van der Waals surface area contributed by atoms with Gasteiger partial charge in [-0.25, -0.2) is 5.43 Å². The Hall–Kier alpha value is -0.700. The molecule has 0 aromatic heterocycles. The van der Waals surface area contributed by atoms with Crippen LogP contribution in [0.1, 0.15) is 15.9 Å². The van der Waals surface area contributed by atoms with Crippen molar-refractivity contribution >= 4 is 75.8 Å². The molecule has 0 atom stereocenters. The summed E-state index contributed by atoms with van der Waals surface area (Å²) >= 11 is 13.2. The number of halogens is 4. The number of aromatic hydroxyl groups is 1. The number of hydrazone groups is 1. The molecule has 0 aliphatic carbocycles. The number of carbonyl (C=O) groups excluding carboxylic acids is 1. The van der Waals surface area contributed by atoms with Crippen LogP contribution in [-0.4, -0.2) is 17.2 Å². The largest absolute Gasteiger partial charge is 0.506 e. The molecule has 2 rings (SSSR count). The molecule has 1 amide bonds. The van der Waals surface area contributed by atoms with Gasteiger partial charge in [0.25, 0.3) is 5.91 Å². The van der Waals surface area contributed by atoms with E-state index in [-0.39, 0.29) is 11.7 Å². The molecule has 0 heterocycles. The van der Waals surface area contributed by atoms with Gasteiger partial charge in [0.05, 0.1) is 15.2 Å². The number of nitrogens with zero attached hydrogens (tertiary/aromatic N) is 1. The zero-order chi connectivity index (χ0) is 16.3. The second-order valence-corrected chi connectivity index (χ2v) is 7.54. The molecular formula is C14H8Br4N2O2. The van der Waals surface area contributed by atoms with E-state index in [0.29, 0.717) is 24.5 Å². The van der Waals surface area contributed by atoms with E-state index in [0.717, 1.165) is 4.47 Å². The maximum absolute atomic E-state index is 11.9. The molecule has 4 nitrogen and oxygen atoms in total. The zero-order valence-electron chi connectivity index (χ0n) is 10.8. The van der Waals surface area contributed by atoms with E-state index in [4.69, 9.17) is 0 Å². The van der Waals surface area contributed by atoms with Crippen LogP contribution < -0.4 is 5.43 Å². The number of phenols is 1. The molecule has 0 unspecified atom stereocenters. The number of hydrogen-bond acceptors (Lipinski definition) is 3. The predicted octanol–water partition coefficient (Wildman–Crippen LogP) is 5.21. The van der Waals surface area contributed by atoms with Crippen molar-refractivity contribution in [2.24, 2.45) is 5.10 Å². The summed E-state index contributed by atoms with van der Waals surface area (Å²) in [5.41, 5.74) is 3.54. The topological polar surface area (TPSA) is 61.7 Å². The monoisotopic (exact) mass is 552 g/mol. The lowest BCUT2D eigenvalue weighted by molar-refractivity contribution is 0.0955. The number of rotatable bonds is 3. The number of benzene rings is 2. The molecule has 0 saturated heterocycles. The van der Waals surface area contributed by atoms with Gasteiger partial charge >= 0.3 is 0 Å². The van der Waals surface area contributed by atoms with Gasteiger partial charge < -0.3 is 5.11 Å². The van der Waals surface area contributed by atoms with Gasteiger partial charge in [0.15, 0.2) is 0 Å². The molecule has 0 spiro atoms. The van der Waals surface area contributed by atoms with Crippen LogP contribution >= 0.6 is 63.7 Å². The summed E-state index contributed by atoms with van der Waals surface area (Å²) in [4.78, 5) is 11.9. The van der Waals surface area contributed by atoms with Crippen molar-refractivity contribution in [2.75, 3.05) is 0 Å². The Kier molecular flexibility index (Phi) is 6.19. The van der Waals surface area contributed by atoms with Crippen molar-refractivity contribution in [2.45, 2.75) is 0 Å². The van der Waals surface area contributed by atoms with Crippen LogP contribution in [0.4, 0.5) is 0 Å². The van der Waals surface area contributed by atoms with Gasteiger partial charge in [-0.3, -0.25) is 4.79 Å². The Bertz CT molecular complexity index is 745. The molecule has 22 heavy (non-hydrogen) atoms. The van der Waals surface area contributed by atoms with Crippen molar-refractivity contribution < 1.29 is 9.90 Å². The smallest absolute Gasteiger partial charge is 0.271 e. The van der Waals surface area contributed by atoms with Crippen molar-refractivity contribution in [1.82, 2.24) is 5.43 Å². The van der Waals surface area contributed by atoms with Gasteiger partial charge in [-0.15, -0.1) is 0 Å². The quantitative estimate of drug-likeness (QED) is 0.404. The first-order chi connectivity index (χ1) is 10.4. The molecule has 0 radical (unpaired) electrons. The molecule has 114 valence electrons. The van der Waals surface area contributed by atoms with Gasteiger partial charge in [-0.05, 0) is 62.2 Å². The fourth-order valence-corrected chi connectivity index (χ4v) is 4.12. The standard InChI is InChI=1S/C14H8Br4N2O2/c15-8-3-1-7(2-4-8)14(22)20-19-6-9-10(16)5-11(17)13(21)12(9)18/h1-6,21H,(H,20,22)/b19-6+. The minimum atomic E-state index is -0.322. The van der Waals surface area contributed by atoms with Crippen LogP contribution in [0.5, 0.6) is 5.75 Å². The van der Waals surface area contributed by atoms with Crippen molar-refractivity contribution in [1.29, 1.82) is 0 Å². The number of amides is 1. The van der Waals surface area contributed by atoms with Crippen LogP contribution in [0.3, 0.4) is 0 Å². The molecule has 0 fully saturated rings. The Morgan fingerprint density at radius 2 is 1.73 bits per heavy atom. The first-order valence-electron chi connectivity index (χ1n) is 5.85. The fourth-order valence-electron chi connectivity index (χ4n) is 1.53. The summed E-state index contributed by atoms with van der Waals surface area (Å²) in [5.74, 6) is -0.263. The highest BCUT2D eigenvalue weighted by Gasteiger charge is 2.12. The van der Waals surface area contributed by atoms with E-state index in [1.807, 2.05) is 0 Å². The molecule has 8 heteroatoms. The highest BCUT2D eigenvalue weighted by molar-refractivity contribution is 9.11. The second kappa shape index (κ2) is 7.72. The Morgan fingerprint density at radius 3 is 2.36 bits per heavy atom. The molecule has 0 aliphatic heterocycles. The normalized spacial score (nSPS) is 10.9. The van der Waals surface area contributed by atoms with Crippen LogP contribution in [-0.2, 0) is 0 Å². The van der Waals surface area contributed by atoms with E-state index >= 15 is 0 Å². The summed E-state index contributed by atoms with van der Waals surface area (Å²) in [6, 6.07) is 8.62. The SMILES string of the molecule is O=C(N/N=C/c1c(Br)cc(Br)c(O)c1Br)c1ccc(Br)cc1. The van der Waals surface area contributed by atoms with E-state index in [9.17, 15) is 9.90 Å². The van der Waals surface area contributed by atoms with Gasteiger partial charge in [0.2, 0.25) is 0 Å². The Balaban J connectivity index is 2.15. The summed E-state index contributed by atoms with van der Waals surface area (Å²) < 4.78 is 2.62. The third-order valence-corrected chi connectivity index (χ3v) is 5.24. The molecule has 0 aliphatic rings. The molecule has 2 N–H and O–H groups in total. The summed E-state index contributed by atoms with van der Waals surface area (Å²) in [5, 5.41) is 13.8. The minimum absolute atomic E-state index is 0.0592. The average molecular weight is 556 g/mol. The van der Waals surface area contributed by atoms with E-state index in [1.165, 1.54) is 6.21 Å². The van der Waals surface area contributed by atoms with Gasteiger partial charge in [-0.2, -0.15) is 5.10 Å². The van der Waals surface area contributed by atoms with Crippen molar-refractivity contribution in [3.05, 3.63) is 59.3 Å². The third kappa shape index (κ3) is 4.18. The van der Waals surface area contributed by atoms with E-state index in [1.54, 1.807) is 30.3 Å². The minimum Gasteiger partial charge on any atom is -0.506 e. The predicted molar refractivity (Wildman–Crippen MR) is 100 cm³/mol. The van der Waals surface area contributed by atoms with Gasteiger partial charge in [-0.1, -0.05) is 31.9 Å². The first kappa shape index (κ1) is 17.7. The van der Waals surface area contributed by atoms with Crippen molar-refractivity contribution in [3.63, 3.8) is 0 Å². The lowest BCUT2D eigenvalue weighted by atomic mass is 10.2. The van der Waals surface area contributed by atoms with E-state index < -0.39 is 0 Å². The first-order valence-corrected chi connectivity index (χ1v) is 9.02. The van der Waals surface area contributed by atoms with Crippen LogP contribution in [0, 0.1) is 0 Å². The van der Waals surface area contributed by atoms with Crippen LogP contribution in [0.2, 0.25) is 0 Å². The molecule has 0 bridgehead atoms. The van der Waals surface area contributed by atoms with Gasteiger partial charge in [0, 0.05) is 20.1 Å². The summed E-state index contributed by atoms with van der Waals surface area (Å²) in [6.07, 6.45) is 1.44. The average Bonchev–Trinajstić information content (AvgIpc) is 2.49. The number of nitrogens with one attached hydrogen (secondary N) is 1. The highest BCUT2D eigenvalue weighted by Crippen LogP contribution is 2.38. The maximum Gasteiger partial charge on any atom is 0.271 e.